The number of fused-ring (bicyclic) bond motifs is 1. The van der Waals surface area contributed by atoms with Crippen molar-refractivity contribution in [1.82, 2.24) is 10.2 Å². The Balaban J connectivity index is 1.43. The van der Waals surface area contributed by atoms with E-state index in [4.69, 9.17) is 14.2 Å². The summed E-state index contributed by atoms with van der Waals surface area (Å²) in [5, 5.41) is 5.69. The predicted octanol–water partition coefficient (Wildman–Crippen LogP) is 2.00. The van der Waals surface area contributed by atoms with Crippen molar-refractivity contribution in [2.75, 3.05) is 39.4 Å². The van der Waals surface area contributed by atoms with E-state index in [2.05, 4.69) is 10.6 Å². The van der Waals surface area contributed by atoms with E-state index in [1.54, 1.807) is 24.1 Å². The molecular formula is C21H25N3O5. The Kier molecular flexibility index (Phi) is 6.91. The van der Waals surface area contributed by atoms with Crippen LogP contribution >= 0.6 is 0 Å². The van der Waals surface area contributed by atoms with Crippen LogP contribution in [0.15, 0.2) is 42.5 Å². The molecule has 1 heterocycles. The van der Waals surface area contributed by atoms with Crippen LogP contribution < -0.4 is 24.8 Å². The maximum absolute atomic E-state index is 12.4. The van der Waals surface area contributed by atoms with Crippen molar-refractivity contribution in [3.63, 3.8) is 0 Å². The number of likely N-dealkylation sites (N-methyl/N-ethyl adjacent to an activating group) is 1. The zero-order chi connectivity index (χ0) is 20.6. The summed E-state index contributed by atoms with van der Waals surface area (Å²) in [5.74, 6) is 1.36. The largest absolute Gasteiger partial charge is 0.494 e. The normalized spacial score (nSPS) is 12.0. The number of hydrogen-bond acceptors (Lipinski definition) is 6. The molecule has 1 aliphatic heterocycles. The van der Waals surface area contributed by atoms with Crippen LogP contribution in [0.2, 0.25) is 0 Å². The molecule has 0 radical (unpaired) electrons. The van der Waals surface area contributed by atoms with Crippen molar-refractivity contribution in [3.05, 3.63) is 48.0 Å². The number of hydrogen-bond donors (Lipinski definition) is 2. The Bertz CT molecular complexity index is 857. The summed E-state index contributed by atoms with van der Waals surface area (Å²) < 4.78 is 15.9. The van der Waals surface area contributed by atoms with Gasteiger partial charge in [0.15, 0.2) is 11.5 Å². The van der Waals surface area contributed by atoms with Crippen molar-refractivity contribution in [1.29, 1.82) is 0 Å². The van der Waals surface area contributed by atoms with Crippen LogP contribution in [-0.2, 0) is 16.1 Å². The zero-order valence-electron chi connectivity index (χ0n) is 16.6. The number of carbonyl (C=O) groups excluding carboxylic acids is 2. The van der Waals surface area contributed by atoms with Crippen LogP contribution in [0.4, 0.5) is 5.69 Å². The first kappa shape index (κ1) is 20.5. The fraction of sp³-hybridized carbons (Fsp3) is 0.333. The molecule has 1 aliphatic rings. The van der Waals surface area contributed by atoms with Crippen LogP contribution in [0.1, 0.15) is 12.0 Å². The Hall–Kier alpha value is -3.26. The molecule has 29 heavy (non-hydrogen) atoms. The van der Waals surface area contributed by atoms with Gasteiger partial charge >= 0.3 is 0 Å². The standard InChI is InChI=1S/C21H25N3O5/c1-24(9-8-20(25)22-12-15-6-4-3-5-7-15)13-21(26)23-16-10-18-19(29-14-28-18)11-17(16)27-2/h3-7,10-11H,8-9,12-14H2,1-2H3,(H,22,25)(H,23,26). The minimum absolute atomic E-state index is 0.0569. The fourth-order valence-electron chi connectivity index (χ4n) is 2.88. The molecule has 0 unspecified atom stereocenters. The Morgan fingerprint density at radius 1 is 1.10 bits per heavy atom. The first-order valence-electron chi connectivity index (χ1n) is 9.32. The molecule has 0 aliphatic carbocycles. The van der Waals surface area contributed by atoms with Gasteiger partial charge in [0.25, 0.3) is 0 Å². The number of benzene rings is 2. The van der Waals surface area contributed by atoms with Crippen LogP contribution in [0.25, 0.3) is 0 Å². The molecule has 0 bridgehead atoms. The summed E-state index contributed by atoms with van der Waals surface area (Å²) in [7, 11) is 3.31. The summed E-state index contributed by atoms with van der Waals surface area (Å²) in [6, 6.07) is 13.1. The minimum atomic E-state index is -0.214. The molecule has 3 rings (SSSR count). The van der Waals surface area contributed by atoms with E-state index >= 15 is 0 Å². The third kappa shape index (κ3) is 5.86. The predicted molar refractivity (Wildman–Crippen MR) is 108 cm³/mol. The number of ether oxygens (including phenoxy) is 3. The van der Waals surface area contributed by atoms with Gasteiger partial charge in [-0.3, -0.25) is 14.5 Å². The van der Waals surface area contributed by atoms with Crippen LogP contribution in [0.5, 0.6) is 17.2 Å². The highest BCUT2D eigenvalue weighted by atomic mass is 16.7. The molecule has 2 aromatic carbocycles. The first-order chi connectivity index (χ1) is 14.0. The minimum Gasteiger partial charge on any atom is -0.494 e. The number of nitrogens with one attached hydrogen (secondary N) is 2. The van der Waals surface area contributed by atoms with Crippen molar-refractivity contribution >= 4 is 17.5 Å². The molecular weight excluding hydrogens is 374 g/mol. The van der Waals surface area contributed by atoms with Crippen LogP contribution in [0.3, 0.4) is 0 Å². The number of rotatable bonds is 9. The van der Waals surface area contributed by atoms with Crippen molar-refractivity contribution in [3.8, 4) is 17.2 Å². The maximum atomic E-state index is 12.4. The monoisotopic (exact) mass is 399 g/mol. The van der Waals surface area contributed by atoms with E-state index < -0.39 is 0 Å². The zero-order valence-corrected chi connectivity index (χ0v) is 16.6. The lowest BCUT2D eigenvalue weighted by atomic mass is 10.2. The first-order valence-corrected chi connectivity index (χ1v) is 9.32. The molecule has 2 aromatic rings. The second kappa shape index (κ2) is 9.79. The summed E-state index contributed by atoms with van der Waals surface area (Å²) in [6.45, 7) is 1.24. The molecule has 0 fully saturated rings. The van der Waals surface area contributed by atoms with E-state index in [1.165, 1.54) is 7.11 Å². The molecule has 8 heteroatoms. The van der Waals surface area contributed by atoms with E-state index in [0.29, 0.717) is 42.4 Å². The average molecular weight is 399 g/mol. The Morgan fingerprint density at radius 3 is 2.55 bits per heavy atom. The van der Waals surface area contributed by atoms with Gasteiger partial charge in [-0.1, -0.05) is 30.3 Å². The molecule has 0 saturated carbocycles. The Morgan fingerprint density at radius 2 is 1.83 bits per heavy atom. The van der Waals surface area contributed by atoms with Crippen molar-refractivity contribution in [2.24, 2.45) is 0 Å². The maximum Gasteiger partial charge on any atom is 0.238 e. The number of carbonyl (C=O) groups is 2. The molecule has 0 atom stereocenters. The van der Waals surface area contributed by atoms with Gasteiger partial charge in [0.05, 0.1) is 19.3 Å². The van der Waals surface area contributed by atoms with Gasteiger partial charge in [0.2, 0.25) is 18.6 Å². The lowest BCUT2D eigenvalue weighted by Crippen LogP contribution is -2.33. The van der Waals surface area contributed by atoms with Crippen molar-refractivity contribution < 1.29 is 23.8 Å². The third-order valence-electron chi connectivity index (χ3n) is 4.44. The van der Waals surface area contributed by atoms with E-state index in [1.807, 2.05) is 30.3 Å². The van der Waals surface area contributed by atoms with E-state index in [0.717, 1.165) is 5.56 Å². The fourth-order valence-corrected chi connectivity index (χ4v) is 2.88. The number of anilines is 1. The summed E-state index contributed by atoms with van der Waals surface area (Å²) in [5.41, 5.74) is 1.56. The molecule has 0 aromatic heterocycles. The molecule has 154 valence electrons. The highest BCUT2D eigenvalue weighted by Crippen LogP contribution is 2.40. The molecule has 2 N–H and O–H groups in total. The second-order valence-corrected chi connectivity index (χ2v) is 6.70. The Labute approximate surface area is 169 Å². The lowest BCUT2D eigenvalue weighted by molar-refractivity contribution is -0.122. The summed E-state index contributed by atoms with van der Waals surface area (Å²) in [4.78, 5) is 26.2. The van der Waals surface area contributed by atoms with Gasteiger partial charge in [-0.15, -0.1) is 0 Å². The van der Waals surface area contributed by atoms with Gasteiger partial charge in [-0.05, 0) is 12.6 Å². The number of methoxy groups -OCH3 is 1. The quantitative estimate of drug-likeness (QED) is 0.671. The highest BCUT2D eigenvalue weighted by Gasteiger charge is 2.19. The van der Waals surface area contributed by atoms with Crippen molar-refractivity contribution in [2.45, 2.75) is 13.0 Å². The second-order valence-electron chi connectivity index (χ2n) is 6.70. The molecule has 0 saturated heterocycles. The van der Waals surface area contributed by atoms with Gasteiger partial charge < -0.3 is 24.8 Å². The van der Waals surface area contributed by atoms with Crippen LogP contribution in [-0.4, -0.2) is 50.8 Å². The average Bonchev–Trinajstić information content (AvgIpc) is 3.18. The summed E-state index contributed by atoms with van der Waals surface area (Å²) in [6.07, 6.45) is 0.309. The lowest BCUT2D eigenvalue weighted by Gasteiger charge is -2.17. The number of nitrogens with zero attached hydrogens (tertiary/aromatic N) is 1. The van der Waals surface area contributed by atoms with E-state index in [9.17, 15) is 9.59 Å². The highest BCUT2D eigenvalue weighted by molar-refractivity contribution is 5.94. The van der Waals surface area contributed by atoms with Gasteiger partial charge in [-0.25, -0.2) is 0 Å². The van der Waals surface area contributed by atoms with Gasteiger partial charge in [-0.2, -0.15) is 0 Å². The van der Waals surface area contributed by atoms with E-state index in [-0.39, 0.29) is 25.2 Å². The van der Waals surface area contributed by atoms with Gasteiger partial charge in [0.1, 0.15) is 5.75 Å². The SMILES string of the molecule is COc1cc2c(cc1NC(=O)CN(C)CCC(=O)NCc1ccccc1)OCO2. The smallest absolute Gasteiger partial charge is 0.238 e. The third-order valence-corrected chi connectivity index (χ3v) is 4.44. The molecule has 2 amide bonds. The summed E-state index contributed by atoms with van der Waals surface area (Å²) >= 11 is 0. The molecule has 8 nitrogen and oxygen atoms in total. The van der Waals surface area contributed by atoms with Gasteiger partial charge in [0, 0.05) is 31.6 Å². The topological polar surface area (TPSA) is 89.1 Å². The number of amides is 2. The van der Waals surface area contributed by atoms with Crippen LogP contribution in [0, 0.1) is 0 Å². The molecule has 0 spiro atoms.